The fraction of sp³-hybridized carbons (Fsp3) is 0.421. The van der Waals surface area contributed by atoms with Crippen molar-refractivity contribution in [1.82, 2.24) is 9.21 Å². The number of nitrogens with zero attached hydrogens (tertiary/aromatic N) is 2. The van der Waals surface area contributed by atoms with E-state index in [0.29, 0.717) is 24.5 Å². The molecular weight excluding hydrogens is 368 g/mol. The molecule has 1 aromatic carbocycles. The van der Waals surface area contributed by atoms with Crippen molar-refractivity contribution < 1.29 is 13.2 Å². The molecule has 0 unspecified atom stereocenters. The standard InChI is InChI=1S/C19H24N2O3S2/c1-20(15-17-6-5-13-25-17)19(22)14-16-7-9-18(10-8-16)26(23,24)21-11-3-2-4-12-21/h5-10,13H,2-4,11-12,14-15H2,1H3. The predicted octanol–water partition coefficient (Wildman–Crippen LogP) is 3.12. The summed E-state index contributed by atoms with van der Waals surface area (Å²) in [6.45, 7) is 1.78. The van der Waals surface area contributed by atoms with E-state index in [4.69, 9.17) is 0 Å². The second-order valence-electron chi connectivity index (χ2n) is 6.61. The zero-order chi connectivity index (χ0) is 18.6. The minimum absolute atomic E-state index is 0.0186. The predicted molar refractivity (Wildman–Crippen MR) is 104 cm³/mol. The van der Waals surface area contributed by atoms with E-state index in [0.717, 1.165) is 29.7 Å². The van der Waals surface area contributed by atoms with E-state index in [1.165, 1.54) is 0 Å². The molecule has 3 rings (SSSR count). The summed E-state index contributed by atoms with van der Waals surface area (Å²) in [7, 11) is -1.63. The molecule has 2 aromatic rings. The van der Waals surface area contributed by atoms with Crippen LogP contribution in [0.2, 0.25) is 0 Å². The minimum Gasteiger partial charge on any atom is -0.340 e. The second kappa shape index (κ2) is 8.33. The van der Waals surface area contributed by atoms with Gasteiger partial charge in [-0.15, -0.1) is 11.3 Å². The van der Waals surface area contributed by atoms with Gasteiger partial charge in [0.2, 0.25) is 15.9 Å². The average Bonchev–Trinajstić information content (AvgIpc) is 3.16. The van der Waals surface area contributed by atoms with E-state index in [1.54, 1.807) is 51.9 Å². The first-order valence-corrected chi connectivity index (χ1v) is 11.1. The molecule has 0 spiro atoms. The molecule has 0 N–H and O–H groups in total. The number of carbonyl (C=O) groups is 1. The monoisotopic (exact) mass is 392 g/mol. The van der Waals surface area contributed by atoms with Crippen molar-refractivity contribution in [2.45, 2.75) is 37.1 Å². The lowest BCUT2D eigenvalue weighted by Crippen LogP contribution is -2.35. The fourth-order valence-corrected chi connectivity index (χ4v) is 5.34. The number of hydrogen-bond donors (Lipinski definition) is 0. The second-order valence-corrected chi connectivity index (χ2v) is 9.58. The third-order valence-electron chi connectivity index (χ3n) is 4.63. The Bertz CT molecular complexity index is 824. The third kappa shape index (κ3) is 4.52. The molecule has 0 aliphatic carbocycles. The van der Waals surface area contributed by atoms with Crippen LogP contribution in [0.25, 0.3) is 0 Å². The lowest BCUT2D eigenvalue weighted by molar-refractivity contribution is -0.129. The maximum absolute atomic E-state index is 12.7. The molecule has 0 atom stereocenters. The first-order chi connectivity index (χ1) is 12.5. The molecule has 1 saturated heterocycles. The van der Waals surface area contributed by atoms with Crippen LogP contribution in [-0.2, 0) is 27.8 Å². The molecule has 26 heavy (non-hydrogen) atoms. The highest BCUT2D eigenvalue weighted by Crippen LogP contribution is 2.21. The van der Waals surface area contributed by atoms with Gasteiger partial charge in [-0.05, 0) is 42.0 Å². The van der Waals surface area contributed by atoms with E-state index in [2.05, 4.69) is 0 Å². The summed E-state index contributed by atoms with van der Waals surface area (Å²) in [6, 6.07) is 10.7. The Morgan fingerprint density at radius 1 is 1.12 bits per heavy atom. The highest BCUT2D eigenvalue weighted by atomic mass is 32.2. The molecule has 5 nitrogen and oxygen atoms in total. The van der Waals surface area contributed by atoms with Crippen molar-refractivity contribution in [3.63, 3.8) is 0 Å². The van der Waals surface area contributed by atoms with Crippen molar-refractivity contribution >= 4 is 27.3 Å². The van der Waals surface area contributed by atoms with E-state index in [9.17, 15) is 13.2 Å². The van der Waals surface area contributed by atoms with Crippen LogP contribution in [0.15, 0.2) is 46.7 Å². The van der Waals surface area contributed by atoms with Gasteiger partial charge in [0.05, 0.1) is 17.9 Å². The van der Waals surface area contributed by atoms with Gasteiger partial charge in [0, 0.05) is 25.0 Å². The van der Waals surface area contributed by atoms with Crippen LogP contribution in [0.3, 0.4) is 0 Å². The van der Waals surface area contributed by atoms with Gasteiger partial charge in [-0.3, -0.25) is 4.79 Å². The molecule has 1 fully saturated rings. The Morgan fingerprint density at radius 2 is 1.81 bits per heavy atom. The number of likely N-dealkylation sites (N-methyl/N-ethyl adjacent to an activating group) is 1. The first kappa shape index (κ1) is 19.1. The number of sulfonamides is 1. The van der Waals surface area contributed by atoms with Crippen molar-refractivity contribution in [3.8, 4) is 0 Å². The van der Waals surface area contributed by atoms with Crippen LogP contribution in [0.1, 0.15) is 29.7 Å². The summed E-state index contributed by atoms with van der Waals surface area (Å²) in [5, 5.41) is 2.00. The van der Waals surface area contributed by atoms with Crippen molar-refractivity contribution in [2.24, 2.45) is 0 Å². The Hall–Kier alpha value is -1.70. The number of rotatable bonds is 6. The van der Waals surface area contributed by atoms with Crippen LogP contribution in [-0.4, -0.2) is 43.7 Å². The maximum atomic E-state index is 12.7. The molecule has 1 aromatic heterocycles. The Balaban J connectivity index is 1.62. The number of hydrogen-bond acceptors (Lipinski definition) is 4. The van der Waals surface area contributed by atoms with E-state index >= 15 is 0 Å². The summed E-state index contributed by atoms with van der Waals surface area (Å²) in [5.41, 5.74) is 0.825. The average molecular weight is 393 g/mol. The molecule has 0 radical (unpaired) electrons. The molecule has 1 aliphatic rings. The van der Waals surface area contributed by atoms with Gasteiger partial charge in [-0.2, -0.15) is 4.31 Å². The zero-order valence-corrected chi connectivity index (χ0v) is 16.6. The van der Waals surface area contributed by atoms with Crippen molar-refractivity contribution in [3.05, 3.63) is 52.2 Å². The van der Waals surface area contributed by atoms with Gasteiger partial charge in [0.1, 0.15) is 0 Å². The number of carbonyl (C=O) groups excluding carboxylic acids is 1. The molecule has 140 valence electrons. The number of amides is 1. The summed E-state index contributed by atoms with van der Waals surface area (Å²) in [6.07, 6.45) is 3.20. The summed E-state index contributed by atoms with van der Waals surface area (Å²) in [5.74, 6) is 0.0186. The van der Waals surface area contributed by atoms with Crippen LogP contribution in [0.4, 0.5) is 0 Å². The highest BCUT2D eigenvalue weighted by molar-refractivity contribution is 7.89. The fourth-order valence-electron chi connectivity index (χ4n) is 3.07. The van der Waals surface area contributed by atoms with Gasteiger partial charge < -0.3 is 4.90 Å². The topological polar surface area (TPSA) is 57.7 Å². The Morgan fingerprint density at radius 3 is 2.42 bits per heavy atom. The SMILES string of the molecule is CN(Cc1cccs1)C(=O)Cc1ccc(S(=O)(=O)N2CCCCC2)cc1. The molecule has 2 heterocycles. The van der Waals surface area contributed by atoms with Crippen LogP contribution in [0, 0.1) is 0 Å². The van der Waals surface area contributed by atoms with E-state index < -0.39 is 10.0 Å². The number of thiophene rings is 1. The van der Waals surface area contributed by atoms with Gasteiger partial charge >= 0.3 is 0 Å². The maximum Gasteiger partial charge on any atom is 0.243 e. The lowest BCUT2D eigenvalue weighted by atomic mass is 10.1. The minimum atomic E-state index is -3.42. The summed E-state index contributed by atoms with van der Waals surface area (Å²) < 4.78 is 26.9. The van der Waals surface area contributed by atoms with Gasteiger partial charge in [-0.25, -0.2) is 8.42 Å². The lowest BCUT2D eigenvalue weighted by Gasteiger charge is -2.25. The van der Waals surface area contributed by atoms with Crippen LogP contribution in [0.5, 0.6) is 0 Å². The normalized spacial score (nSPS) is 15.7. The Kier molecular flexibility index (Phi) is 6.11. The Labute approximate surface area is 159 Å². The van der Waals surface area contributed by atoms with Crippen molar-refractivity contribution in [2.75, 3.05) is 20.1 Å². The van der Waals surface area contributed by atoms with E-state index in [1.807, 2.05) is 17.5 Å². The highest BCUT2D eigenvalue weighted by Gasteiger charge is 2.25. The molecule has 7 heteroatoms. The van der Waals surface area contributed by atoms with Crippen molar-refractivity contribution in [1.29, 1.82) is 0 Å². The van der Waals surface area contributed by atoms with Gasteiger partial charge in [0.25, 0.3) is 0 Å². The molecule has 1 aliphatic heterocycles. The molecule has 0 saturated carbocycles. The first-order valence-electron chi connectivity index (χ1n) is 8.82. The summed E-state index contributed by atoms with van der Waals surface area (Å²) in [4.78, 5) is 15.5. The smallest absolute Gasteiger partial charge is 0.243 e. The van der Waals surface area contributed by atoms with E-state index in [-0.39, 0.29) is 12.3 Å². The summed E-state index contributed by atoms with van der Waals surface area (Å²) >= 11 is 1.63. The quantitative estimate of drug-likeness (QED) is 0.759. The molecular formula is C19H24N2O3S2. The zero-order valence-electron chi connectivity index (χ0n) is 14.9. The number of piperidine rings is 1. The van der Waals surface area contributed by atoms with Gasteiger partial charge in [-0.1, -0.05) is 24.6 Å². The third-order valence-corrected chi connectivity index (χ3v) is 7.40. The number of benzene rings is 1. The van der Waals surface area contributed by atoms with Crippen LogP contribution < -0.4 is 0 Å². The largest absolute Gasteiger partial charge is 0.340 e. The van der Waals surface area contributed by atoms with Crippen LogP contribution >= 0.6 is 11.3 Å². The van der Waals surface area contributed by atoms with Gasteiger partial charge in [0.15, 0.2) is 0 Å². The molecule has 1 amide bonds. The molecule has 0 bridgehead atoms.